The van der Waals surface area contributed by atoms with E-state index in [1.807, 2.05) is 13.8 Å². The van der Waals surface area contributed by atoms with Gasteiger partial charge in [0.25, 0.3) is 0 Å². The quantitative estimate of drug-likeness (QED) is 0.727. The van der Waals surface area contributed by atoms with Gasteiger partial charge in [0.05, 0.1) is 5.60 Å². The van der Waals surface area contributed by atoms with Crippen LogP contribution in [0.1, 0.15) is 66.2 Å². The number of hydrogen-bond acceptors (Lipinski definition) is 2. The van der Waals surface area contributed by atoms with Crippen LogP contribution in [-0.2, 0) is 4.74 Å². The van der Waals surface area contributed by atoms with Crippen LogP contribution >= 0.6 is 0 Å². The van der Waals surface area contributed by atoms with Crippen LogP contribution in [0.2, 0.25) is 0 Å². The third kappa shape index (κ3) is 3.46. The van der Waals surface area contributed by atoms with E-state index in [0.717, 1.165) is 6.42 Å². The molecule has 96 valence electrons. The first-order valence-corrected chi connectivity index (χ1v) is 6.85. The Hall–Kier alpha value is -0.0800. The minimum Gasteiger partial charge on any atom is -0.368 e. The smallest absolute Gasteiger partial charge is 0.157 e. The predicted octanol–water partition coefficient (Wildman–Crippen LogP) is 3.73. The second-order valence-electron chi connectivity index (χ2n) is 5.75. The maximum Gasteiger partial charge on any atom is 0.157 e. The van der Waals surface area contributed by atoms with E-state index < -0.39 is 6.29 Å². The normalized spacial score (nSPS) is 24.4. The number of aliphatic hydroxyl groups is 1. The van der Waals surface area contributed by atoms with Gasteiger partial charge in [0.15, 0.2) is 6.29 Å². The lowest BCUT2D eigenvalue weighted by molar-refractivity contribution is -0.220. The Morgan fingerprint density at radius 1 is 1.25 bits per heavy atom. The van der Waals surface area contributed by atoms with Gasteiger partial charge in [0.2, 0.25) is 0 Å². The molecule has 1 fully saturated rings. The Labute approximate surface area is 100 Å². The number of hydrogen-bond donors (Lipinski definition) is 1. The summed E-state index contributed by atoms with van der Waals surface area (Å²) in [7, 11) is 0. The van der Waals surface area contributed by atoms with Crippen LogP contribution in [0, 0.1) is 11.8 Å². The maximum absolute atomic E-state index is 9.90. The molecule has 0 heterocycles. The fourth-order valence-corrected chi connectivity index (χ4v) is 2.59. The molecule has 0 aromatic carbocycles. The lowest BCUT2D eigenvalue weighted by Crippen LogP contribution is -2.42. The Kier molecular flexibility index (Phi) is 5.26. The van der Waals surface area contributed by atoms with Gasteiger partial charge in [-0.3, -0.25) is 0 Å². The van der Waals surface area contributed by atoms with E-state index in [1.54, 1.807) is 0 Å². The zero-order valence-electron chi connectivity index (χ0n) is 11.3. The van der Waals surface area contributed by atoms with Crippen LogP contribution in [0.3, 0.4) is 0 Å². The molecule has 0 spiro atoms. The summed E-state index contributed by atoms with van der Waals surface area (Å²) < 4.78 is 5.94. The van der Waals surface area contributed by atoms with Gasteiger partial charge in [0.1, 0.15) is 0 Å². The lowest BCUT2D eigenvalue weighted by Gasteiger charge is -2.41. The SMILES string of the molecule is CCC(C)(OC(O)C(C)C)C1CCCCC1. The standard InChI is InChI=1S/C14H28O2/c1-5-14(4,16-13(15)11(2)3)12-9-7-6-8-10-12/h11-13,15H,5-10H2,1-4H3. The predicted molar refractivity (Wildman–Crippen MR) is 67.2 cm³/mol. The summed E-state index contributed by atoms with van der Waals surface area (Å²) in [6.45, 7) is 8.35. The molecule has 2 nitrogen and oxygen atoms in total. The molecule has 0 radical (unpaired) electrons. The molecule has 16 heavy (non-hydrogen) atoms. The van der Waals surface area contributed by atoms with Crippen molar-refractivity contribution in [3.05, 3.63) is 0 Å². The molecule has 0 saturated heterocycles. The molecule has 0 aromatic rings. The van der Waals surface area contributed by atoms with Crippen molar-refractivity contribution in [3.8, 4) is 0 Å². The van der Waals surface area contributed by atoms with Crippen LogP contribution < -0.4 is 0 Å². The van der Waals surface area contributed by atoms with Gasteiger partial charge in [-0.05, 0) is 32.1 Å². The van der Waals surface area contributed by atoms with Crippen molar-refractivity contribution in [1.82, 2.24) is 0 Å². The summed E-state index contributed by atoms with van der Waals surface area (Å²) >= 11 is 0. The molecule has 1 rings (SSSR count). The fraction of sp³-hybridized carbons (Fsp3) is 1.00. The largest absolute Gasteiger partial charge is 0.368 e. The first-order valence-electron chi connectivity index (χ1n) is 6.85. The number of ether oxygens (including phenoxy) is 1. The zero-order chi connectivity index (χ0) is 12.2. The molecule has 2 heteroatoms. The van der Waals surface area contributed by atoms with Gasteiger partial charge in [-0.25, -0.2) is 0 Å². The topological polar surface area (TPSA) is 29.5 Å². The second kappa shape index (κ2) is 6.02. The molecule has 1 N–H and O–H groups in total. The van der Waals surface area contributed by atoms with E-state index in [9.17, 15) is 5.11 Å². The van der Waals surface area contributed by atoms with E-state index in [-0.39, 0.29) is 11.5 Å². The molecule has 1 saturated carbocycles. The first-order chi connectivity index (χ1) is 7.49. The monoisotopic (exact) mass is 228 g/mol. The highest BCUT2D eigenvalue weighted by atomic mass is 16.6. The molecule has 2 unspecified atom stereocenters. The average molecular weight is 228 g/mol. The van der Waals surface area contributed by atoms with Crippen molar-refractivity contribution < 1.29 is 9.84 Å². The highest BCUT2D eigenvalue weighted by molar-refractivity contribution is 4.85. The van der Waals surface area contributed by atoms with Crippen LogP contribution in [0.25, 0.3) is 0 Å². The summed E-state index contributed by atoms with van der Waals surface area (Å²) in [5.41, 5.74) is -0.135. The Morgan fingerprint density at radius 2 is 1.81 bits per heavy atom. The maximum atomic E-state index is 9.90. The highest BCUT2D eigenvalue weighted by Crippen LogP contribution is 2.38. The minimum atomic E-state index is -0.619. The van der Waals surface area contributed by atoms with Crippen molar-refractivity contribution >= 4 is 0 Å². The minimum absolute atomic E-state index is 0.135. The van der Waals surface area contributed by atoms with Crippen LogP contribution in [0.4, 0.5) is 0 Å². The van der Waals surface area contributed by atoms with Crippen molar-refractivity contribution in [3.63, 3.8) is 0 Å². The number of aliphatic hydroxyl groups excluding tert-OH is 1. The third-order valence-corrected chi connectivity index (χ3v) is 4.13. The van der Waals surface area contributed by atoms with Crippen molar-refractivity contribution in [2.75, 3.05) is 0 Å². The molecule has 0 aromatic heterocycles. The van der Waals surface area contributed by atoms with Gasteiger partial charge < -0.3 is 9.84 Å². The molecule has 1 aliphatic carbocycles. The van der Waals surface area contributed by atoms with Gasteiger partial charge >= 0.3 is 0 Å². The van der Waals surface area contributed by atoms with E-state index in [4.69, 9.17) is 4.74 Å². The summed E-state index contributed by atoms with van der Waals surface area (Å²) in [4.78, 5) is 0. The van der Waals surface area contributed by atoms with Gasteiger partial charge in [-0.1, -0.05) is 40.0 Å². The van der Waals surface area contributed by atoms with E-state index in [0.29, 0.717) is 5.92 Å². The lowest BCUT2D eigenvalue weighted by atomic mass is 9.76. The summed E-state index contributed by atoms with van der Waals surface area (Å²) in [6.07, 6.45) is 6.89. The Morgan fingerprint density at radius 3 is 2.25 bits per heavy atom. The molecule has 2 atom stereocenters. The van der Waals surface area contributed by atoms with E-state index >= 15 is 0 Å². The molecule has 0 amide bonds. The Bertz CT molecular complexity index is 197. The molecular weight excluding hydrogens is 200 g/mol. The summed E-state index contributed by atoms with van der Waals surface area (Å²) in [5.74, 6) is 0.800. The van der Waals surface area contributed by atoms with E-state index in [2.05, 4.69) is 13.8 Å². The van der Waals surface area contributed by atoms with Gasteiger partial charge in [-0.2, -0.15) is 0 Å². The Balaban J connectivity index is 2.60. The second-order valence-corrected chi connectivity index (χ2v) is 5.75. The van der Waals surface area contributed by atoms with Crippen molar-refractivity contribution in [2.45, 2.75) is 78.1 Å². The summed E-state index contributed by atoms with van der Waals surface area (Å²) in [6, 6.07) is 0. The first kappa shape index (κ1) is 14.0. The van der Waals surface area contributed by atoms with E-state index in [1.165, 1.54) is 32.1 Å². The van der Waals surface area contributed by atoms with Gasteiger partial charge in [-0.15, -0.1) is 0 Å². The van der Waals surface area contributed by atoms with Crippen molar-refractivity contribution in [2.24, 2.45) is 11.8 Å². The van der Waals surface area contributed by atoms with Crippen LogP contribution in [0.15, 0.2) is 0 Å². The average Bonchev–Trinajstić information content (AvgIpc) is 2.29. The van der Waals surface area contributed by atoms with Gasteiger partial charge in [0, 0.05) is 5.92 Å². The molecule has 1 aliphatic rings. The molecule has 0 bridgehead atoms. The summed E-state index contributed by atoms with van der Waals surface area (Å²) in [5, 5.41) is 9.90. The molecular formula is C14H28O2. The number of rotatable bonds is 5. The van der Waals surface area contributed by atoms with Crippen LogP contribution in [0.5, 0.6) is 0 Å². The van der Waals surface area contributed by atoms with Crippen molar-refractivity contribution in [1.29, 1.82) is 0 Å². The highest BCUT2D eigenvalue weighted by Gasteiger charge is 2.36. The zero-order valence-corrected chi connectivity index (χ0v) is 11.3. The fourth-order valence-electron chi connectivity index (χ4n) is 2.59. The van der Waals surface area contributed by atoms with Crippen LogP contribution in [-0.4, -0.2) is 17.0 Å². The third-order valence-electron chi connectivity index (χ3n) is 4.13. The molecule has 0 aliphatic heterocycles.